The molecule has 254 valence electrons. The largest absolute Gasteiger partial charge is 0.310 e. The van der Waals surface area contributed by atoms with Gasteiger partial charge in [-0.1, -0.05) is 166 Å². The fraction of sp³-hybridized carbons (Fsp3) is 0.115. The average Bonchev–Trinajstić information content (AvgIpc) is 3.65. The van der Waals surface area contributed by atoms with Gasteiger partial charge in [0.2, 0.25) is 0 Å². The van der Waals surface area contributed by atoms with Crippen molar-refractivity contribution >= 4 is 17.1 Å². The van der Waals surface area contributed by atoms with Gasteiger partial charge >= 0.3 is 0 Å². The lowest BCUT2D eigenvalue weighted by Crippen LogP contribution is -2.29. The van der Waals surface area contributed by atoms with E-state index in [2.05, 4.69) is 207 Å². The van der Waals surface area contributed by atoms with Crippen molar-refractivity contribution in [3.63, 3.8) is 0 Å². The first-order valence-electron chi connectivity index (χ1n) is 18.9. The molecule has 0 bridgehead atoms. The van der Waals surface area contributed by atoms with E-state index in [1.165, 1.54) is 66.8 Å². The molecule has 0 saturated carbocycles. The van der Waals surface area contributed by atoms with Gasteiger partial charge in [0.15, 0.2) is 0 Å². The van der Waals surface area contributed by atoms with E-state index in [-0.39, 0.29) is 10.8 Å². The van der Waals surface area contributed by atoms with E-state index in [9.17, 15) is 0 Å². The second-order valence-corrected chi connectivity index (χ2v) is 15.2. The molecule has 0 heterocycles. The molecular weight excluding hydrogens is 639 g/mol. The highest BCUT2D eigenvalue weighted by molar-refractivity contribution is 5.91. The van der Waals surface area contributed by atoms with Crippen LogP contribution in [-0.2, 0) is 10.8 Å². The summed E-state index contributed by atoms with van der Waals surface area (Å²) in [6.07, 6.45) is 9.34. The molecule has 7 aromatic carbocycles. The monoisotopic (exact) mass is 679 g/mol. The van der Waals surface area contributed by atoms with E-state index in [0.717, 1.165) is 29.9 Å². The topological polar surface area (TPSA) is 3.24 Å². The van der Waals surface area contributed by atoms with Crippen LogP contribution in [0.25, 0.3) is 33.4 Å². The van der Waals surface area contributed by atoms with E-state index >= 15 is 0 Å². The van der Waals surface area contributed by atoms with Gasteiger partial charge < -0.3 is 4.90 Å². The molecule has 0 saturated heterocycles. The summed E-state index contributed by atoms with van der Waals surface area (Å²) in [6, 6.07) is 63.2. The quantitative estimate of drug-likeness (QED) is 0.169. The molecule has 3 aliphatic rings. The summed E-state index contributed by atoms with van der Waals surface area (Å²) in [5, 5.41) is 0. The van der Waals surface area contributed by atoms with Gasteiger partial charge in [-0.25, -0.2) is 0 Å². The maximum absolute atomic E-state index is 2.47. The molecule has 0 aliphatic heterocycles. The first kappa shape index (κ1) is 31.5. The van der Waals surface area contributed by atoms with Crippen LogP contribution in [0.4, 0.5) is 17.1 Å². The summed E-state index contributed by atoms with van der Waals surface area (Å²) in [7, 11) is 0. The minimum atomic E-state index is -0.381. The molecule has 1 atom stereocenters. The molecule has 0 radical (unpaired) electrons. The molecule has 53 heavy (non-hydrogen) atoms. The highest BCUT2D eigenvalue weighted by atomic mass is 15.1. The molecule has 7 aromatic rings. The van der Waals surface area contributed by atoms with Gasteiger partial charge in [-0.3, -0.25) is 0 Å². The van der Waals surface area contributed by atoms with Crippen molar-refractivity contribution in [1.82, 2.24) is 0 Å². The molecule has 0 fully saturated rings. The number of rotatable bonds is 6. The predicted molar refractivity (Wildman–Crippen MR) is 222 cm³/mol. The van der Waals surface area contributed by atoms with Crippen LogP contribution in [-0.4, -0.2) is 0 Å². The maximum Gasteiger partial charge on any atom is 0.0710 e. The third kappa shape index (κ3) is 4.77. The van der Waals surface area contributed by atoms with E-state index in [0.29, 0.717) is 0 Å². The summed E-state index contributed by atoms with van der Waals surface area (Å²) >= 11 is 0. The zero-order valence-corrected chi connectivity index (χ0v) is 30.3. The zero-order valence-electron chi connectivity index (χ0n) is 30.3. The highest BCUT2D eigenvalue weighted by Gasteiger charge is 2.47. The Bertz CT molecular complexity index is 2570. The van der Waals surface area contributed by atoms with Crippen LogP contribution < -0.4 is 4.90 Å². The standard InChI is InChI=1S/C52H41N/c1-51(2)47-24-14-12-22-43(47)45-32-30-42(35-50(45)51)53(40-28-26-37(27-29-40)36-16-6-3-7-17-36)41-31-33-49-46(34-41)44-23-13-15-25-48(44)52(49,38-18-8-4-9-19-38)39-20-10-5-11-21-39/h3-4,6-10,12-35H,5,11H2,1-2H3. The lowest BCUT2D eigenvalue weighted by atomic mass is 9.66. The maximum atomic E-state index is 2.47. The number of benzene rings is 7. The van der Waals surface area contributed by atoms with Crippen LogP contribution in [0.2, 0.25) is 0 Å². The Labute approximate surface area is 313 Å². The van der Waals surface area contributed by atoms with Crippen molar-refractivity contribution in [2.75, 3.05) is 4.90 Å². The molecule has 0 amide bonds. The summed E-state index contributed by atoms with van der Waals surface area (Å²) in [4.78, 5) is 2.46. The molecule has 1 nitrogen and oxygen atoms in total. The molecule has 0 N–H and O–H groups in total. The SMILES string of the molecule is CC1(C)c2ccccc2-c2ccc(N(c3ccc(-c4ccccc4)cc3)c3ccc4c(c3)-c3ccccc3C4(C3=CCCC=C3)c3ccccc3)cc21. The minimum absolute atomic E-state index is 0.0990. The molecular formula is C52H41N. The molecule has 0 aromatic heterocycles. The van der Waals surface area contributed by atoms with Gasteiger partial charge in [0.05, 0.1) is 5.41 Å². The van der Waals surface area contributed by atoms with Crippen molar-refractivity contribution in [2.45, 2.75) is 37.5 Å². The lowest BCUT2D eigenvalue weighted by Gasteiger charge is -2.36. The Morgan fingerprint density at radius 2 is 1.00 bits per heavy atom. The third-order valence-corrected chi connectivity index (χ3v) is 12.0. The van der Waals surface area contributed by atoms with Gasteiger partial charge in [0.1, 0.15) is 0 Å². The van der Waals surface area contributed by atoms with Crippen molar-refractivity contribution in [1.29, 1.82) is 0 Å². The Morgan fingerprint density at radius 1 is 0.434 bits per heavy atom. The Balaban J connectivity index is 1.18. The first-order valence-corrected chi connectivity index (χ1v) is 18.9. The van der Waals surface area contributed by atoms with Crippen LogP contribution in [0.5, 0.6) is 0 Å². The van der Waals surface area contributed by atoms with Gasteiger partial charge in [-0.2, -0.15) is 0 Å². The predicted octanol–water partition coefficient (Wildman–Crippen LogP) is 13.7. The molecule has 1 heteroatoms. The number of allylic oxidation sites excluding steroid dienone is 4. The number of nitrogens with zero attached hydrogens (tertiary/aromatic N) is 1. The van der Waals surface area contributed by atoms with E-state index in [1.54, 1.807) is 0 Å². The van der Waals surface area contributed by atoms with Gasteiger partial charge in [-0.15, -0.1) is 0 Å². The highest BCUT2D eigenvalue weighted by Crippen LogP contribution is 2.58. The summed E-state index contributed by atoms with van der Waals surface area (Å²) in [5.74, 6) is 0. The van der Waals surface area contributed by atoms with Crippen molar-refractivity contribution in [3.8, 4) is 33.4 Å². The fourth-order valence-corrected chi connectivity index (χ4v) is 9.49. The molecule has 1 unspecified atom stereocenters. The van der Waals surface area contributed by atoms with Gasteiger partial charge in [0, 0.05) is 22.5 Å². The molecule has 10 rings (SSSR count). The first-order chi connectivity index (χ1) is 26.0. The van der Waals surface area contributed by atoms with E-state index < -0.39 is 0 Å². The number of hydrogen-bond donors (Lipinski definition) is 0. The van der Waals surface area contributed by atoms with Crippen molar-refractivity contribution in [2.24, 2.45) is 0 Å². The number of hydrogen-bond acceptors (Lipinski definition) is 1. The van der Waals surface area contributed by atoms with Crippen molar-refractivity contribution < 1.29 is 0 Å². The molecule has 0 spiro atoms. The zero-order chi connectivity index (χ0) is 35.6. The molecule has 3 aliphatic carbocycles. The van der Waals surface area contributed by atoms with Crippen LogP contribution >= 0.6 is 0 Å². The Morgan fingerprint density at radius 3 is 1.74 bits per heavy atom. The van der Waals surface area contributed by atoms with Crippen LogP contribution in [0, 0.1) is 0 Å². The van der Waals surface area contributed by atoms with Crippen LogP contribution in [0.1, 0.15) is 54.5 Å². The second kappa shape index (κ2) is 12.2. The average molecular weight is 680 g/mol. The van der Waals surface area contributed by atoms with E-state index in [4.69, 9.17) is 0 Å². The number of fused-ring (bicyclic) bond motifs is 6. The smallest absolute Gasteiger partial charge is 0.0710 e. The second-order valence-electron chi connectivity index (χ2n) is 15.2. The minimum Gasteiger partial charge on any atom is -0.310 e. The Kier molecular flexibility index (Phi) is 7.27. The van der Waals surface area contributed by atoms with E-state index in [1.807, 2.05) is 0 Å². The van der Waals surface area contributed by atoms with Crippen LogP contribution in [0.15, 0.2) is 194 Å². The summed E-state index contributed by atoms with van der Waals surface area (Å²) in [6.45, 7) is 4.73. The summed E-state index contributed by atoms with van der Waals surface area (Å²) < 4.78 is 0. The van der Waals surface area contributed by atoms with Gasteiger partial charge in [0.25, 0.3) is 0 Å². The lowest BCUT2D eigenvalue weighted by molar-refractivity contribution is 0.660. The number of anilines is 3. The van der Waals surface area contributed by atoms with Crippen molar-refractivity contribution in [3.05, 3.63) is 221 Å². The van der Waals surface area contributed by atoms with Crippen LogP contribution in [0.3, 0.4) is 0 Å². The summed E-state index contributed by atoms with van der Waals surface area (Å²) in [5.41, 5.74) is 18.8. The normalized spacial score (nSPS) is 17.4. The Hall–Kier alpha value is -6.18. The third-order valence-electron chi connectivity index (χ3n) is 12.0. The fourth-order valence-electron chi connectivity index (χ4n) is 9.49. The van der Waals surface area contributed by atoms with Gasteiger partial charge in [-0.05, 0) is 116 Å².